The third-order valence-corrected chi connectivity index (χ3v) is 5.88. The molecule has 10 nitrogen and oxygen atoms in total. The van der Waals surface area contributed by atoms with Crippen molar-refractivity contribution in [2.45, 2.75) is 25.9 Å². The predicted molar refractivity (Wildman–Crippen MR) is 123 cm³/mol. The van der Waals surface area contributed by atoms with Gasteiger partial charge in [0, 0.05) is 32.7 Å². The number of nitrogens with zero attached hydrogens (tertiary/aromatic N) is 4. The molecule has 14 heteroatoms. The maximum atomic E-state index is 13.3. The number of piperazine rings is 1. The van der Waals surface area contributed by atoms with E-state index >= 15 is 0 Å². The summed E-state index contributed by atoms with van der Waals surface area (Å²) in [6, 6.07) is 6.43. The molecule has 0 spiro atoms. The number of rotatable bonds is 5. The Bertz CT molecular complexity index is 1250. The number of fused-ring (bicyclic) bond motifs is 1. The molecule has 2 N–H and O–H groups in total. The first kappa shape index (κ1) is 24.8. The average molecular weight is 515 g/mol. The lowest BCUT2D eigenvalue weighted by Gasteiger charge is -2.41. The van der Waals surface area contributed by atoms with E-state index in [2.05, 4.69) is 10.3 Å². The second kappa shape index (κ2) is 9.76. The number of para-hydroxylation sites is 1. The van der Waals surface area contributed by atoms with Gasteiger partial charge in [-0.1, -0.05) is 35.9 Å². The number of H-pyrrole nitrogens is 1. The molecule has 0 radical (unpaired) electrons. The van der Waals surface area contributed by atoms with E-state index < -0.39 is 29.7 Å². The molecule has 1 fully saturated rings. The second-order valence-corrected chi connectivity index (χ2v) is 8.17. The molecule has 0 amide bonds. The first-order valence-corrected chi connectivity index (χ1v) is 11.1. The molecule has 1 saturated heterocycles. The molecular formula is C21H22ClF3N6O4. The van der Waals surface area contributed by atoms with Crippen LogP contribution in [0, 0.1) is 0 Å². The van der Waals surface area contributed by atoms with Crippen LogP contribution in [0.2, 0.25) is 5.02 Å². The molecule has 0 bridgehead atoms. The van der Waals surface area contributed by atoms with E-state index in [4.69, 9.17) is 16.4 Å². The number of carbonyl (C=O) groups excluding carboxylic acids is 1. The average Bonchev–Trinajstić information content (AvgIpc) is 3.14. The summed E-state index contributed by atoms with van der Waals surface area (Å²) in [5, 5.41) is 4.02. The van der Waals surface area contributed by atoms with Gasteiger partial charge < -0.3 is 10.2 Å². The number of alkyl halides is 3. The highest BCUT2D eigenvalue weighted by atomic mass is 35.5. The fraction of sp³-hybridized carbons (Fsp3) is 0.381. The fourth-order valence-corrected chi connectivity index (χ4v) is 4.27. The van der Waals surface area contributed by atoms with E-state index in [0.717, 1.165) is 4.57 Å². The van der Waals surface area contributed by atoms with Crippen molar-refractivity contribution in [3.63, 3.8) is 0 Å². The van der Waals surface area contributed by atoms with Gasteiger partial charge in [0.2, 0.25) is 6.29 Å². The predicted octanol–water partition coefficient (Wildman–Crippen LogP) is 1.93. The number of hydrogen-bond acceptors (Lipinski definition) is 8. The fourth-order valence-electron chi connectivity index (χ4n) is 4.05. The Morgan fingerprint density at radius 1 is 1.23 bits per heavy atom. The number of halogens is 4. The molecule has 0 aliphatic carbocycles. The van der Waals surface area contributed by atoms with Crippen molar-refractivity contribution in [2.24, 2.45) is 0 Å². The van der Waals surface area contributed by atoms with Crippen LogP contribution in [-0.4, -0.2) is 59.1 Å². The summed E-state index contributed by atoms with van der Waals surface area (Å²) in [5.74, 6) is -2.78. The third kappa shape index (κ3) is 4.66. The van der Waals surface area contributed by atoms with Crippen molar-refractivity contribution in [3.8, 4) is 0 Å². The topological polar surface area (TPSA) is 103 Å². The van der Waals surface area contributed by atoms with E-state index in [1.807, 2.05) is 0 Å². The van der Waals surface area contributed by atoms with Crippen LogP contribution < -0.4 is 26.5 Å². The number of carbonyl (C=O) groups is 1. The van der Waals surface area contributed by atoms with Crippen LogP contribution in [0.25, 0.3) is 0 Å². The van der Waals surface area contributed by atoms with Gasteiger partial charge in [-0.3, -0.25) is 24.1 Å². The van der Waals surface area contributed by atoms with Gasteiger partial charge in [-0.15, -0.1) is 5.06 Å². The molecular weight excluding hydrogens is 493 g/mol. The number of hydroxylamine groups is 1. The number of aromatic nitrogens is 2. The highest BCUT2D eigenvalue weighted by Gasteiger charge is 2.51. The molecule has 35 heavy (non-hydrogen) atoms. The Morgan fingerprint density at radius 2 is 1.91 bits per heavy atom. The molecule has 1 aromatic heterocycles. The Balaban J connectivity index is 2.01. The minimum Gasteiger partial charge on any atom is -0.327 e. The number of aromatic amines is 1. The molecule has 3 heterocycles. The maximum absolute atomic E-state index is 13.3. The van der Waals surface area contributed by atoms with Crippen molar-refractivity contribution in [3.05, 3.63) is 62.3 Å². The Labute approximate surface area is 202 Å². The molecule has 2 aromatic rings. The smallest absolute Gasteiger partial charge is 0.327 e. The number of anilines is 3. The molecule has 188 valence electrons. The summed E-state index contributed by atoms with van der Waals surface area (Å²) >= 11 is 6.44. The van der Waals surface area contributed by atoms with E-state index in [1.54, 1.807) is 48.2 Å². The number of benzene rings is 1. The number of nitrogens with one attached hydrogen (secondary N) is 2. The van der Waals surface area contributed by atoms with Crippen LogP contribution >= 0.6 is 11.6 Å². The van der Waals surface area contributed by atoms with Crippen LogP contribution in [0.1, 0.15) is 6.92 Å². The van der Waals surface area contributed by atoms with Crippen molar-refractivity contribution < 1.29 is 22.8 Å². The zero-order valence-electron chi connectivity index (χ0n) is 18.5. The summed E-state index contributed by atoms with van der Waals surface area (Å²) < 4.78 is 40.9. The summed E-state index contributed by atoms with van der Waals surface area (Å²) in [6.45, 7) is 3.27. The third-order valence-electron chi connectivity index (χ3n) is 5.57. The molecule has 2 aliphatic heterocycles. The van der Waals surface area contributed by atoms with Gasteiger partial charge in [0.15, 0.2) is 11.5 Å². The Kier molecular flexibility index (Phi) is 6.92. The lowest BCUT2D eigenvalue weighted by Crippen LogP contribution is -2.60. The van der Waals surface area contributed by atoms with Crippen LogP contribution in [0.5, 0.6) is 0 Å². The van der Waals surface area contributed by atoms with Crippen LogP contribution in [0.15, 0.2) is 46.0 Å². The van der Waals surface area contributed by atoms with Crippen molar-refractivity contribution >= 4 is 34.8 Å². The van der Waals surface area contributed by atoms with Gasteiger partial charge in [-0.25, -0.2) is 9.59 Å². The van der Waals surface area contributed by atoms with Gasteiger partial charge >= 0.3 is 17.8 Å². The maximum Gasteiger partial charge on any atom is 0.493 e. The first-order chi connectivity index (χ1) is 16.6. The summed E-state index contributed by atoms with van der Waals surface area (Å²) in [7, 11) is 0. The van der Waals surface area contributed by atoms with Crippen molar-refractivity contribution in [1.29, 1.82) is 0 Å². The first-order valence-electron chi connectivity index (χ1n) is 10.7. The van der Waals surface area contributed by atoms with E-state index in [1.165, 1.54) is 4.90 Å². The largest absolute Gasteiger partial charge is 0.493 e. The minimum absolute atomic E-state index is 0.0981. The van der Waals surface area contributed by atoms with Gasteiger partial charge in [0.05, 0.1) is 10.7 Å². The molecule has 2 aliphatic rings. The van der Waals surface area contributed by atoms with Crippen LogP contribution in [-0.2, 0) is 16.2 Å². The number of hydrogen-bond donors (Lipinski definition) is 2. The molecule has 1 atom stereocenters. The van der Waals surface area contributed by atoms with Gasteiger partial charge in [0.25, 0.3) is 5.56 Å². The standard InChI is InChI=1S/C21H22ClF3N6O4/c1-2-3-10-29-17-15(16(32)27-19(29)34)30(14-7-5-4-6-13(14)22)20(28-11-8-26-9-12-28)31(17)35-18(33)21(23,24)25/h2-7,20,26H,8-12H2,1H3,(H,27,32,34). The zero-order valence-corrected chi connectivity index (χ0v) is 19.3. The van der Waals surface area contributed by atoms with Crippen molar-refractivity contribution in [2.75, 3.05) is 36.1 Å². The lowest BCUT2D eigenvalue weighted by atomic mass is 10.2. The normalized spacial score (nSPS) is 18.8. The SMILES string of the molecule is CC=CCn1c2c(c(=O)[nH]c1=O)N(c1ccccc1Cl)C(N1CCNCC1)N2OC(=O)C(F)(F)F. The summed E-state index contributed by atoms with van der Waals surface area (Å²) in [4.78, 5) is 48.1. The highest BCUT2D eigenvalue weighted by Crippen LogP contribution is 2.45. The van der Waals surface area contributed by atoms with Crippen molar-refractivity contribution in [1.82, 2.24) is 19.8 Å². The molecule has 4 rings (SSSR count). The monoisotopic (exact) mass is 514 g/mol. The minimum atomic E-state index is -5.32. The molecule has 0 saturated carbocycles. The number of allylic oxidation sites excluding steroid dienone is 2. The van der Waals surface area contributed by atoms with Crippen LogP contribution in [0.3, 0.4) is 0 Å². The molecule has 1 aromatic carbocycles. The van der Waals surface area contributed by atoms with Crippen LogP contribution in [0.4, 0.5) is 30.4 Å². The zero-order chi connectivity index (χ0) is 25.3. The van der Waals surface area contributed by atoms with E-state index in [-0.39, 0.29) is 28.8 Å². The highest BCUT2D eigenvalue weighted by molar-refractivity contribution is 6.33. The Hall–Kier alpha value is -3.29. The second-order valence-electron chi connectivity index (χ2n) is 7.77. The van der Waals surface area contributed by atoms with Gasteiger partial charge in [0.1, 0.15) is 0 Å². The Morgan fingerprint density at radius 3 is 2.54 bits per heavy atom. The lowest BCUT2D eigenvalue weighted by molar-refractivity contribution is -0.203. The van der Waals surface area contributed by atoms with Gasteiger partial charge in [-0.2, -0.15) is 13.2 Å². The summed E-state index contributed by atoms with van der Waals surface area (Å²) in [6.07, 6.45) is -3.34. The quantitative estimate of drug-likeness (QED) is 0.584. The van der Waals surface area contributed by atoms with E-state index in [9.17, 15) is 27.6 Å². The van der Waals surface area contributed by atoms with Gasteiger partial charge in [-0.05, 0) is 19.1 Å². The van der Waals surface area contributed by atoms with E-state index in [0.29, 0.717) is 31.2 Å². The summed E-state index contributed by atoms with van der Waals surface area (Å²) in [5.41, 5.74) is -1.64. The molecule has 1 unspecified atom stereocenters.